The number of pyridine rings is 1. The first kappa shape index (κ1) is 14.1. The fourth-order valence-electron chi connectivity index (χ4n) is 1.94. The third-order valence-electron chi connectivity index (χ3n) is 3.08. The summed E-state index contributed by atoms with van der Waals surface area (Å²) in [5.74, 6) is 0.540. The molecule has 1 amide bonds. The molecule has 0 atom stereocenters. The van der Waals surface area contributed by atoms with E-state index in [-0.39, 0.29) is 12.0 Å². The van der Waals surface area contributed by atoms with E-state index in [2.05, 4.69) is 4.98 Å². The molecule has 0 saturated carbocycles. The SMILES string of the molecule is O=C(/C=C/c1cccs1)N1CC(Oc2ccc(Cl)cn2)C1. The highest BCUT2D eigenvalue weighted by molar-refractivity contribution is 7.10. The predicted octanol–water partition coefficient (Wildman–Crippen LogP) is 3.10. The molecule has 0 aromatic carbocycles. The van der Waals surface area contributed by atoms with Gasteiger partial charge in [-0.1, -0.05) is 17.7 Å². The van der Waals surface area contributed by atoms with Crippen molar-refractivity contribution in [3.05, 3.63) is 51.8 Å². The molecule has 6 heteroatoms. The van der Waals surface area contributed by atoms with E-state index >= 15 is 0 Å². The number of rotatable bonds is 4. The molecule has 3 rings (SSSR count). The Kier molecular flexibility index (Phi) is 4.22. The van der Waals surface area contributed by atoms with Crippen LogP contribution < -0.4 is 4.74 Å². The second kappa shape index (κ2) is 6.28. The van der Waals surface area contributed by atoms with Crippen molar-refractivity contribution in [3.8, 4) is 5.88 Å². The van der Waals surface area contributed by atoms with Crippen LogP contribution in [0.4, 0.5) is 0 Å². The molecule has 3 heterocycles. The van der Waals surface area contributed by atoms with Gasteiger partial charge in [-0.05, 0) is 23.6 Å². The van der Waals surface area contributed by atoms with E-state index < -0.39 is 0 Å². The van der Waals surface area contributed by atoms with E-state index in [1.165, 1.54) is 0 Å². The van der Waals surface area contributed by atoms with Crippen LogP contribution in [0.25, 0.3) is 6.08 Å². The first-order chi connectivity index (χ1) is 10.2. The molecule has 1 aliphatic heterocycles. The minimum Gasteiger partial charge on any atom is -0.471 e. The minimum absolute atomic E-state index is 0.00207. The van der Waals surface area contributed by atoms with Gasteiger partial charge in [0.25, 0.3) is 0 Å². The number of amides is 1. The average molecular weight is 321 g/mol. The van der Waals surface area contributed by atoms with Crippen LogP contribution in [0.1, 0.15) is 4.88 Å². The standard InChI is InChI=1S/C15H13ClN2O2S/c16-11-3-5-14(17-8-11)20-12-9-18(10-12)15(19)6-4-13-2-1-7-21-13/h1-8,12H,9-10H2/b6-4+. The van der Waals surface area contributed by atoms with Crippen molar-refractivity contribution < 1.29 is 9.53 Å². The van der Waals surface area contributed by atoms with Crippen molar-refractivity contribution in [2.45, 2.75) is 6.10 Å². The number of hydrogen-bond acceptors (Lipinski definition) is 4. The van der Waals surface area contributed by atoms with E-state index in [1.54, 1.807) is 40.6 Å². The summed E-state index contributed by atoms with van der Waals surface area (Å²) in [5, 5.41) is 2.56. The quantitative estimate of drug-likeness (QED) is 0.813. The summed E-state index contributed by atoms with van der Waals surface area (Å²) in [5.41, 5.74) is 0. The van der Waals surface area contributed by atoms with E-state index in [1.807, 2.05) is 23.6 Å². The Morgan fingerprint density at radius 3 is 2.95 bits per heavy atom. The Labute approximate surface area is 131 Å². The van der Waals surface area contributed by atoms with Gasteiger partial charge in [0, 0.05) is 23.2 Å². The molecule has 21 heavy (non-hydrogen) atoms. The molecule has 108 valence electrons. The summed E-state index contributed by atoms with van der Waals surface area (Å²) in [6, 6.07) is 7.39. The number of carbonyl (C=O) groups excluding carboxylic acids is 1. The third-order valence-corrected chi connectivity index (χ3v) is 4.14. The lowest BCUT2D eigenvalue weighted by Crippen LogP contribution is -2.55. The molecule has 0 bridgehead atoms. The topological polar surface area (TPSA) is 42.4 Å². The molecule has 0 spiro atoms. The van der Waals surface area contributed by atoms with E-state index in [4.69, 9.17) is 16.3 Å². The lowest BCUT2D eigenvalue weighted by Gasteiger charge is -2.38. The second-order valence-corrected chi connectivity index (χ2v) is 6.06. The van der Waals surface area contributed by atoms with E-state index in [0.29, 0.717) is 24.0 Å². The highest BCUT2D eigenvalue weighted by Gasteiger charge is 2.31. The molecular formula is C15H13ClN2O2S. The number of halogens is 1. The van der Waals surface area contributed by atoms with Gasteiger partial charge in [-0.2, -0.15) is 0 Å². The zero-order valence-electron chi connectivity index (χ0n) is 11.1. The number of hydrogen-bond donors (Lipinski definition) is 0. The van der Waals surface area contributed by atoms with Crippen LogP contribution in [0.3, 0.4) is 0 Å². The molecule has 0 aliphatic carbocycles. The summed E-state index contributed by atoms with van der Waals surface area (Å²) in [7, 11) is 0. The number of aromatic nitrogens is 1. The molecule has 0 radical (unpaired) electrons. The van der Waals surface area contributed by atoms with Crippen molar-refractivity contribution in [3.63, 3.8) is 0 Å². The highest BCUT2D eigenvalue weighted by atomic mass is 35.5. The van der Waals surface area contributed by atoms with Gasteiger partial charge in [0.15, 0.2) is 0 Å². The molecule has 1 fully saturated rings. The van der Waals surface area contributed by atoms with Crippen molar-refractivity contribution >= 4 is 34.9 Å². The van der Waals surface area contributed by atoms with Crippen LogP contribution in [-0.4, -0.2) is 35.0 Å². The number of nitrogens with zero attached hydrogens (tertiary/aromatic N) is 2. The lowest BCUT2D eigenvalue weighted by atomic mass is 10.1. The van der Waals surface area contributed by atoms with Gasteiger partial charge in [0.05, 0.1) is 18.1 Å². The molecular weight excluding hydrogens is 308 g/mol. The Balaban J connectivity index is 1.47. The van der Waals surface area contributed by atoms with Crippen LogP contribution in [0.15, 0.2) is 41.9 Å². The Hall–Kier alpha value is -1.85. The zero-order valence-corrected chi connectivity index (χ0v) is 12.7. The lowest BCUT2D eigenvalue weighted by molar-refractivity contribution is -0.134. The maximum absolute atomic E-state index is 11.9. The summed E-state index contributed by atoms with van der Waals surface area (Å²) in [4.78, 5) is 18.8. The van der Waals surface area contributed by atoms with E-state index in [9.17, 15) is 4.79 Å². The smallest absolute Gasteiger partial charge is 0.246 e. The van der Waals surface area contributed by atoms with Crippen molar-refractivity contribution in [1.82, 2.24) is 9.88 Å². The van der Waals surface area contributed by atoms with Gasteiger partial charge in [0.2, 0.25) is 11.8 Å². The fraction of sp³-hybridized carbons (Fsp3) is 0.200. The largest absolute Gasteiger partial charge is 0.471 e. The summed E-state index contributed by atoms with van der Waals surface area (Å²) >= 11 is 7.36. The molecule has 0 unspecified atom stereocenters. The highest BCUT2D eigenvalue weighted by Crippen LogP contribution is 2.18. The third kappa shape index (κ3) is 3.62. The van der Waals surface area contributed by atoms with Gasteiger partial charge >= 0.3 is 0 Å². The van der Waals surface area contributed by atoms with Crippen molar-refractivity contribution in [1.29, 1.82) is 0 Å². The number of thiophene rings is 1. The van der Waals surface area contributed by atoms with Gasteiger partial charge in [-0.25, -0.2) is 4.98 Å². The maximum Gasteiger partial charge on any atom is 0.246 e. The molecule has 1 saturated heterocycles. The number of likely N-dealkylation sites (tertiary alicyclic amines) is 1. The first-order valence-corrected chi connectivity index (χ1v) is 7.75. The minimum atomic E-state index is -0.00207. The summed E-state index contributed by atoms with van der Waals surface area (Å²) < 4.78 is 5.65. The van der Waals surface area contributed by atoms with Gasteiger partial charge in [-0.3, -0.25) is 4.79 Å². The molecule has 4 nitrogen and oxygen atoms in total. The fourth-order valence-corrected chi connectivity index (χ4v) is 2.67. The molecule has 0 N–H and O–H groups in total. The normalized spacial score (nSPS) is 15.2. The number of ether oxygens (including phenoxy) is 1. The van der Waals surface area contributed by atoms with Crippen LogP contribution in [0, 0.1) is 0 Å². The summed E-state index contributed by atoms with van der Waals surface area (Å²) in [6.07, 6.45) is 4.98. The average Bonchev–Trinajstić information content (AvgIpc) is 2.95. The van der Waals surface area contributed by atoms with Gasteiger partial charge in [-0.15, -0.1) is 11.3 Å². The molecule has 2 aromatic rings. The van der Waals surface area contributed by atoms with Crippen LogP contribution in [0.2, 0.25) is 5.02 Å². The monoisotopic (exact) mass is 320 g/mol. The van der Waals surface area contributed by atoms with Gasteiger partial charge < -0.3 is 9.64 Å². The Bertz CT molecular complexity index is 634. The molecule has 1 aliphatic rings. The molecule has 2 aromatic heterocycles. The summed E-state index contributed by atoms with van der Waals surface area (Å²) in [6.45, 7) is 1.16. The van der Waals surface area contributed by atoms with Crippen LogP contribution >= 0.6 is 22.9 Å². The Morgan fingerprint density at radius 1 is 1.43 bits per heavy atom. The van der Waals surface area contributed by atoms with Crippen molar-refractivity contribution in [2.75, 3.05) is 13.1 Å². The zero-order chi connectivity index (χ0) is 14.7. The van der Waals surface area contributed by atoms with Gasteiger partial charge in [0.1, 0.15) is 6.10 Å². The van der Waals surface area contributed by atoms with E-state index in [0.717, 1.165) is 4.88 Å². The predicted molar refractivity (Wildman–Crippen MR) is 83.6 cm³/mol. The van der Waals surface area contributed by atoms with Crippen LogP contribution in [-0.2, 0) is 4.79 Å². The number of carbonyl (C=O) groups is 1. The first-order valence-electron chi connectivity index (χ1n) is 6.49. The Morgan fingerprint density at radius 2 is 2.29 bits per heavy atom. The second-order valence-electron chi connectivity index (χ2n) is 4.65. The van der Waals surface area contributed by atoms with Crippen LogP contribution in [0.5, 0.6) is 5.88 Å². The van der Waals surface area contributed by atoms with Crippen molar-refractivity contribution in [2.24, 2.45) is 0 Å². The maximum atomic E-state index is 11.9.